The lowest BCUT2D eigenvalue weighted by atomic mass is 10.1. The molecule has 0 atom stereocenters. The Hall–Kier alpha value is -3.55. The molecule has 1 aliphatic heterocycles. The van der Waals surface area contributed by atoms with Crippen molar-refractivity contribution in [1.29, 1.82) is 0 Å². The van der Waals surface area contributed by atoms with Crippen LogP contribution in [0, 0.1) is 0 Å². The number of anilines is 1. The molecule has 4 rings (SSSR count). The van der Waals surface area contributed by atoms with E-state index in [0.717, 1.165) is 41.4 Å². The summed E-state index contributed by atoms with van der Waals surface area (Å²) in [7, 11) is 5.43. The predicted octanol–water partition coefficient (Wildman–Crippen LogP) is 4.71. The Morgan fingerprint density at radius 3 is 2.53 bits per heavy atom. The molecule has 36 heavy (non-hydrogen) atoms. The average Bonchev–Trinajstić information content (AvgIpc) is 2.91. The number of nitrogens with zero attached hydrogens (tertiary/aromatic N) is 2. The zero-order valence-corrected chi connectivity index (χ0v) is 21.7. The summed E-state index contributed by atoms with van der Waals surface area (Å²) in [6.45, 7) is 2.24. The van der Waals surface area contributed by atoms with E-state index in [1.54, 1.807) is 25.1 Å². The molecule has 0 aromatic heterocycles. The third-order valence-corrected chi connectivity index (χ3v) is 7.21. The standard InChI is InChI=1S/C29H31N3O3S/c1-31(17-15-21-7-5-4-6-8-21)18-16-30-28(33)23-11-14-26-25(20-23)32(2)29(34)27(36-26)19-22-9-12-24(35-3)13-10-22/h4-14,19-20H,15-18H2,1-3H3,(H,30,33)/b27-19+. The fraction of sp³-hybridized carbons (Fsp3) is 0.241. The summed E-state index contributed by atoms with van der Waals surface area (Å²) < 4.78 is 5.20. The quantitative estimate of drug-likeness (QED) is 0.431. The van der Waals surface area contributed by atoms with Gasteiger partial charge in [0.2, 0.25) is 0 Å². The number of amides is 2. The van der Waals surface area contributed by atoms with Gasteiger partial charge in [0.15, 0.2) is 0 Å². The van der Waals surface area contributed by atoms with Gasteiger partial charge in [0.25, 0.3) is 11.8 Å². The molecule has 0 saturated heterocycles. The number of hydrogen-bond acceptors (Lipinski definition) is 5. The van der Waals surface area contributed by atoms with Crippen molar-refractivity contribution in [2.24, 2.45) is 0 Å². The Balaban J connectivity index is 1.34. The van der Waals surface area contributed by atoms with E-state index in [9.17, 15) is 9.59 Å². The van der Waals surface area contributed by atoms with Gasteiger partial charge in [-0.1, -0.05) is 54.2 Å². The van der Waals surface area contributed by atoms with Crippen LogP contribution in [0.3, 0.4) is 0 Å². The van der Waals surface area contributed by atoms with E-state index in [-0.39, 0.29) is 11.8 Å². The van der Waals surface area contributed by atoms with E-state index in [4.69, 9.17) is 4.74 Å². The number of nitrogens with one attached hydrogen (secondary N) is 1. The number of ether oxygens (including phenoxy) is 1. The fourth-order valence-electron chi connectivity index (χ4n) is 3.93. The molecule has 186 valence electrons. The van der Waals surface area contributed by atoms with Crippen molar-refractivity contribution in [3.8, 4) is 5.75 Å². The third-order valence-electron chi connectivity index (χ3n) is 6.14. The van der Waals surface area contributed by atoms with Crippen LogP contribution in [0.5, 0.6) is 5.75 Å². The minimum atomic E-state index is -0.139. The van der Waals surface area contributed by atoms with Crippen LogP contribution in [-0.2, 0) is 11.2 Å². The second-order valence-electron chi connectivity index (χ2n) is 8.73. The highest BCUT2D eigenvalue weighted by Gasteiger charge is 2.27. The number of thioether (sulfide) groups is 1. The highest BCUT2D eigenvalue weighted by atomic mass is 32.2. The first-order chi connectivity index (χ1) is 17.4. The van der Waals surface area contributed by atoms with Gasteiger partial charge >= 0.3 is 0 Å². The van der Waals surface area contributed by atoms with Gasteiger partial charge in [-0.05, 0) is 61.0 Å². The number of carbonyl (C=O) groups is 2. The monoisotopic (exact) mass is 501 g/mol. The number of benzene rings is 3. The van der Waals surface area contributed by atoms with Gasteiger partial charge in [0, 0.05) is 37.1 Å². The molecule has 1 heterocycles. The lowest BCUT2D eigenvalue weighted by molar-refractivity contribution is -0.114. The van der Waals surface area contributed by atoms with Gasteiger partial charge in [-0.3, -0.25) is 9.59 Å². The van der Waals surface area contributed by atoms with Gasteiger partial charge in [0.05, 0.1) is 17.7 Å². The minimum Gasteiger partial charge on any atom is -0.497 e. The molecule has 0 spiro atoms. The molecule has 0 saturated carbocycles. The van der Waals surface area contributed by atoms with Crippen molar-refractivity contribution >= 4 is 35.3 Å². The van der Waals surface area contributed by atoms with Crippen LogP contribution in [0.4, 0.5) is 5.69 Å². The van der Waals surface area contributed by atoms with Gasteiger partial charge in [-0.25, -0.2) is 0 Å². The van der Waals surface area contributed by atoms with Crippen LogP contribution in [0.15, 0.2) is 82.6 Å². The largest absolute Gasteiger partial charge is 0.497 e. The van der Waals surface area contributed by atoms with Crippen molar-refractivity contribution < 1.29 is 14.3 Å². The Morgan fingerprint density at radius 1 is 1.06 bits per heavy atom. The molecule has 0 unspecified atom stereocenters. The number of carbonyl (C=O) groups excluding carboxylic acids is 2. The molecule has 6 nitrogen and oxygen atoms in total. The molecule has 0 bridgehead atoms. The first kappa shape index (κ1) is 25.5. The van der Waals surface area contributed by atoms with Crippen molar-refractivity contribution in [3.05, 3.63) is 94.4 Å². The zero-order chi connectivity index (χ0) is 25.5. The van der Waals surface area contributed by atoms with Crippen LogP contribution in [0.2, 0.25) is 0 Å². The van der Waals surface area contributed by atoms with Crippen molar-refractivity contribution in [3.63, 3.8) is 0 Å². The van der Waals surface area contributed by atoms with E-state index in [2.05, 4.69) is 41.5 Å². The molecule has 3 aromatic rings. The van der Waals surface area contributed by atoms with E-state index >= 15 is 0 Å². The first-order valence-corrected chi connectivity index (χ1v) is 12.7. The van der Waals surface area contributed by atoms with Gasteiger partial charge in [-0.2, -0.15) is 0 Å². The van der Waals surface area contributed by atoms with Gasteiger partial charge < -0.3 is 19.9 Å². The van der Waals surface area contributed by atoms with E-state index in [1.165, 1.54) is 17.3 Å². The summed E-state index contributed by atoms with van der Waals surface area (Å²) in [5.74, 6) is 0.535. The summed E-state index contributed by atoms with van der Waals surface area (Å²) in [4.78, 5) is 31.2. The molecule has 1 N–H and O–H groups in total. The zero-order valence-electron chi connectivity index (χ0n) is 20.9. The lowest BCUT2D eigenvalue weighted by Gasteiger charge is -2.27. The Labute approximate surface area is 216 Å². The average molecular weight is 502 g/mol. The van der Waals surface area contributed by atoms with Crippen LogP contribution in [-0.4, -0.2) is 57.6 Å². The number of fused-ring (bicyclic) bond motifs is 1. The summed E-state index contributed by atoms with van der Waals surface area (Å²) in [5.41, 5.74) is 3.52. The summed E-state index contributed by atoms with van der Waals surface area (Å²) in [6, 6.07) is 23.5. The molecule has 7 heteroatoms. The summed E-state index contributed by atoms with van der Waals surface area (Å²) >= 11 is 1.42. The number of methoxy groups -OCH3 is 1. The van der Waals surface area contributed by atoms with Crippen molar-refractivity contribution in [2.45, 2.75) is 11.3 Å². The maximum Gasteiger partial charge on any atom is 0.264 e. The molecule has 2 amide bonds. The van der Waals surface area contributed by atoms with E-state index in [0.29, 0.717) is 17.0 Å². The second-order valence-corrected chi connectivity index (χ2v) is 9.81. The third kappa shape index (κ3) is 6.36. The van der Waals surface area contributed by atoms with Crippen molar-refractivity contribution in [1.82, 2.24) is 10.2 Å². The molecule has 3 aromatic carbocycles. The second kappa shape index (κ2) is 11.9. The topological polar surface area (TPSA) is 61.9 Å². The maximum absolute atomic E-state index is 13.0. The van der Waals surface area contributed by atoms with Crippen LogP contribution in [0.1, 0.15) is 21.5 Å². The maximum atomic E-state index is 13.0. The normalized spacial score (nSPS) is 14.2. The number of likely N-dealkylation sites (N-methyl/N-ethyl adjacent to an activating group) is 2. The molecular formula is C29H31N3O3S. The molecule has 0 aliphatic carbocycles. The lowest BCUT2D eigenvalue weighted by Crippen LogP contribution is -2.34. The minimum absolute atomic E-state index is 0.0964. The number of hydrogen-bond donors (Lipinski definition) is 1. The highest BCUT2D eigenvalue weighted by molar-refractivity contribution is 8.04. The Kier molecular flexibility index (Phi) is 8.46. The molecule has 0 fully saturated rings. The molecule has 0 radical (unpaired) electrons. The van der Waals surface area contributed by atoms with Crippen molar-refractivity contribution in [2.75, 3.05) is 45.7 Å². The first-order valence-electron chi connectivity index (χ1n) is 11.9. The van der Waals surface area contributed by atoms with Gasteiger partial charge in [0.1, 0.15) is 5.75 Å². The summed E-state index contributed by atoms with van der Waals surface area (Å²) in [6.07, 6.45) is 2.85. The molecule has 1 aliphatic rings. The van der Waals surface area contributed by atoms with E-state index in [1.807, 2.05) is 48.5 Å². The van der Waals surface area contributed by atoms with E-state index < -0.39 is 0 Å². The molecular weight excluding hydrogens is 470 g/mol. The fourth-order valence-corrected chi connectivity index (χ4v) is 5.02. The smallest absolute Gasteiger partial charge is 0.264 e. The van der Waals surface area contributed by atoms with Gasteiger partial charge in [-0.15, -0.1) is 0 Å². The SMILES string of the molecule is COc1ccc(/C=C2/Sc3ccc(C(=O)NCCN(C)CCc4ccccc4)cc3N(C)C2=O)cc1. The Bertz CT molecular complexity index is 1240. The van der Waals surface area contributed by atoms with Crippen LogP contribution in [0.25, 0.3) is 6.08 Å². The van der Waals surface area contributed by atoms with Crippen LogP contribution >= 0.6 is 11.8 Å². The number of rotatable bonds is 9. The Morgan fingerprint density at radius 2 is 1.81 bits per heavy atom. The predicted molar refractivity (Wildman–Crippen MR) is 147 cm³/mol. The highest BCUT2D eigenvalue weighted by Crippen LogP contribution is 2.42. The van der Waals surface area contributed by atoms with Crippen LogP contribution < -0.4 is 15.0 Å². The summed E-state index contributed by atoms with van der Waals surface area (Å²) in [5, 5.41) is 3.00.